The van der Waals surface area contributed by atoms with Crippen LogP contribution in [0.4, 0.5) is 0 Å². The molecule has 2 aliphatic heterocycles. The highest BCUT2D eigenvalue weighted by molar-refractivity contribution is 6.89. The molecule has 0 N–H and O–H groups in total. The highest BCUT2D eigenvalue weighted by Gasteiger charge is 2.44. The molecule has 2 heterocycles. The first kappa shape index (κ1) is 18.4. The Bertz CT molecular complexity index is 353. The van der Waals surface area contributed by atoms with E-state index >= 15 is 0 Å². The Labute approximate surface area is 141 Å². The van der Waals surface area contributed by atoms with Gasteiger partial charge in [0, 0.05) is 0 Å². The molecule has 0 amide bonds. The summed E-state index contributed by atoms with van der Waals surface area (Å²) in [7, 11) is -1.38. The predicted molar refractivity (Wildman–Crippen MR) is 106 cm³/mol. The normalized spacial score (nSPS) is 27.2. The van der Waals surface area contributed by atoms with Gasteiger partial charge in [0.05, 0.1) is 8.07 Å². The van der Waals surface area contributed by atoms with E-state index in [-0.39, 0.29) is 0 Å². The molecule has 0 aromatic rings. The second-order valence-corrected chi connectivity index (χ2v) is 15.0. The average Bonchev–Trinajstić information content (AvgIpc) is 2.42. The Hall–Kier alpha value is 0.0218. The predicted octanol–water partition coefficient (Wildman–Crippen LogP) is 7.29. The summed E-state index contributed by atoms with van der Waals surface area (Å²) in [6.07, 6.45) is 9.02. The van der Waals surface area contributed by atoms with Crippen molar-refractivity contribution in [3.05, 3.63) is 11.2 Å². The van der Waals surface area contributed by atoms with Crippen molar-refractivity contribution in [1.82, 2.24) is 0 Å². The first-order chi connectivity index (χ1) is 10.3. The summed E-state index contributed by atoms with van der Waals surface area (Å²) >= 11 is 0. The Kier molecular flexibility index (Phi) is 6.08. The van der Waals surface area contributed by atoms with Gasteiger partial charge in [-0.3, -0.25) is 0 Å². The van der Waals surface area contributed by atoms with Crippen LogP contribution in [0.5, 0.6) is 0 Å². The van der Waals surface area contributed by atoms with Gasteiger partial charge in [-0.15, -0.1) is 11.2 Å². The van der Waals surface area contributed by atoms with Crippen molar-refractivity contribution >= 4 is 14.8 Å². The van der Waals surface area contributed by atoms with E-state index in [1.807, 2.05) is 0 Å². The Morgan fingerprint density at radius 2 is 1.18 bits per heavy atom. The second kappa shape index (κ2) is 7.28. The summed E-state index contributed by atoms with van der Waals surface area (Å²) in [5.41, 5.74) is 7.26. The molecule has 22 heavy (non-hydrogen) atoms. The van der Waals surface area contributed by atoms with Crippen LogP contribution in [0, 0.1) is 0 Å². The van der Waals surface area contributed by atoms with Gasteiger partial charge in [-0.05, 0) is 16.6 Å². The smallest absolute Gasteiger partial charge is 0.111 e. The van der Waals surface area contributed by atoms with Gasteiger partial charge in [-0.25, -0.2) is 0 Å². The zero-order valence-electron chi connectivity index (χ0n) is 16.3. The molecule has 0 saturated carbocycles. The van der Waals surface area contributed by atoms with Crippen molar-refractivity contribution in [2.45, 2.75) is 115 Å². The third kappa shape index (κ3) is 3.28. The Morgan fingerprint density at radius 3 is 1.50 bits per heavy atom. The van der Waals surface area contributed by atoms with E-state index in [0.29, 0.717) is 0 Å². The quantitative estimate of drug-likeness (QED) is 0.467. The van der Waals surface area contributed by atoms with E-state index in [4.69, 9.17) is 0 Å². The maximum atomic E-state index is 2.90. The maximum absolute atomic E-state index is 2.90. The van der Waals surface area contributed by atoms with Crippen LogP contribution in [0.2, 0.25) is 28.3 Å². The molecule has 2 fully saturated rings. The van der Waals surface area contributed by atoms with E-state index in [9.17, 15) is 0 Å². The van der Waals surface area contributed by atoms with Crippen LogP contribution < -0.4 is 0 Å². The van der Waals surface area contributed by atoms with Crippen molar-refractivity contribution in [1.29, 1.82) is 0 Å². The minimum Gasteiger partial charge on any atom is -0.111 e. The lowest BCUT2D eigenvalue weighted by atomic mass is 9.25. The van der Waals surface area contributed by atoms with Crippen molar-refractivity contribution < 1.29 is 0 Å². The molecule has 0 nitrogen and oxygen atoms in total. The van der Waals surface area contributed by atoms with Gasteiger partial charge in [0.25, 0.3) is 0 Å². The van der Waals surface area contributed by atoms with E-state index in [2.05, 4.69) is 54.2 Å². The molecule has 0 unspecified atom stereocenters. The minimum atomic E-state index is -1.38. The molecule has 2 heteroatoms. The van der Waals surface area contributed by atoms with Crippen LogP contribution in [0.25, 0.3) is 0 Å². The summed E-state index contributed by atoms with van der Waals surface area (Å²) in [6.45, 7) is 18.4. The van der Waals surface area contributed by atoms with Crippen LogP contribution in [0.15, 0.2) is 11.2 Å². The molecule has 2 aliphatic rings. The number of rotatable bonds is 5. The van der Waals surface area contributed by atoms with Crippen LogP contribution >= 0.6 is 0 Å². The van der Waals surface area contributed by atoms with Gasteiger partial charge in [-0.2, -0.15) is 0 Å². The SMILES string of the molecule is C/C(=C\[Si](C(C)C)(C(C)C)C(C)C)B1C2CCCC1CCC2. The average molecular weight is 318 g/mol. The van der Waals surface area contributed by atoms with Crippen LogP contribution in [-0.4, -0.2) is 14.8 Å². The van der Waals surface area contributed by atoms with Crippen molar-refractivity contribution in [2.24, 2.45) is 0 Å². The van der Waals surface area contributed by atoms with E-state index in [0.717, 1.165) is 35.0 Å². The molecular formula is C20H39BSi. The van der Waals surface area contributed by atoms with Crippen LogP contribution in [0.1, 0.15) is 87.0 Å². The standard InChI is InChI=1S/C20H39BSi/c1-15(2)22(16(3)4,17(5)6)14-18(7)21-19-10-8-11-20(21)13-9-12-19/h14-17,19-20H,8-13H2,1-7H3/b18-14+. The fourth-order valence-corrected chi connectivity index (χ4v) is 12.4. The van der Waals surface area contributed by atoms with Gasteiger partial charge in [0.2, 0.25) is 0 Å². The van der Waals surface area contributed by atoms with Crippen LogP contribution in [-0.2, 0) is 0 Å². The van der Waals surface area contributed by atoms with E-state index in [1.54, 1.807) is 5.47 Å². The molecule has 0 spiro atoms. The lowest BCUT2D eigenvalue weighted by molar-refractivity contribution is 0.446. The molecular weight excluding hydrogens is 279 g/mol. The molecule has 2 rings (SSSR count). The fourth-order valence-electron chi connectivity index (χ4n) is 6.41. The number of allylic oxidation sites excluding steroid dienone is 1. The number of fused-ring (bicyclic) bond motifs is 2. The summed E-state index contributed by atoms with van der Waals surface area (Å²) in [5, 5.41) is 0. The zero-order chi connectivity index (χ0) is 16.5. The van der Waals surface area contributed by atoms with Crippen molar-refractivity contribution in [3.63, 3.8) is 0 Å². The zero-order valence-corrected chi connectivity index (χ0v) is 17.3. The Morgan fingerprint density at radius 1 is 0.818 bits per heavy atom. The molecule has 0 atom stereocenters. The summed E-state index contributed by atoms with van der Waals surface area (Å²) < 4.78 is 0. The summed E-state index contributed by atoms with van der Waals surface area (Å²) in [6, 6.07) is 0. The summed E-state index contributed by atoms with van der Waals surface area (Å²) in [4.78, 5) is 0. The number of hydrogen-bond donors (Lipinski definition) is 0. The second-order valence-electron chi connectivity index (χ2n) is 9.26. The highest BCUT2D eigenvalue weighted by Crippen LogP contribution is 2.50. The Balaban J connectivity index is 2.35. The molecule has 0 aromatic carbocycles. The lowest BCUT2D eigenvalue weighted by Gasteiger charge is -2.45. The molecule has 0 aliphatic carbocycles. The third-order valence-electron chi connectivity index (χ3n) is 7.32. The van der Waals surface area contributed by atoms with Gasteiger partial charge in [-0.1, -0.05) is 98.6 Å². The maximum Gasteiger partial charge on any atom is 0.175 e. The third-order valence-corrected chi connectivity index (χ3v) is 14.3. The largest absolute Gasteiger partial charge is 0.175 e. The summed E-state index contributed by atoms with van der Waals surface area (Å²) in [5.74, 6) is 2.03. The molecule has 126 valence electrons. The molecule has 2 saturated heterocycles. The minimum absolute atomic E-state index is 0.853. The molecule has 0 aromatic heterocycles. The molecule has 2 bridgehead atoms. The van der Waals surface area contributed by atoms with Gasteiger partial charge >= 0.3 is 0 Å². The van der Waals surface area contributed by atoms with Crippen LogP contribution in [0.3, 0.4) is 0 Å². The van der Waals surface area contributed by atoms with Crippen molar-refractivity contribution in [3.8, 4) is 0 Å². The van der Waals surface area contributed by atoms with E-state index in [1.165, 1.54) is 38.5 Å². The van der Waals surface area contributed by atoms with Gasteiger partial charge in [0.15, 0.2) is 6.71 Å². The topological polar surface area (TPSA) is 0 Å². The van der Waals surface area contributed by atoms with E-state index < -0.39 is 8.07 Å². The fraction of sp³-hybridized carbons (Fsp3) is 0.900. The first-order valence-corrected chi connectivity index (χ1v) is 12.3. The molecule has 0 radical (unpaired) electrons. The van der Waals surface area contributed by atoms with Gasteiger partial charge in [0.1, 0.15) is 0 Å². The first-order valence-electron chi connectivity index (χ1n) is 10.00. The van der Waals surface area contributed by atoms with Gasteiger partial charge < -0.3 is 0 Å². The highest BCUT2D eigenvalue weighted by atomic mass is 28.3. The monoisotopic (exact) mass is 318 g/mol. The number of hydrogen-bond acceptors (Lipinski definition) is 0. The lowest BCUT2D eigenvalue weighted by Crippen LogP contribution is -2.45. The van der Waals surface area contributed by atoms with Crippen molar-refractivity contribution in [2.75, 3.05) is 0 Å².